The van der Waals surface area contributed by atoms with Crippen molar-refractivity contribution in [3.8, 4) is 0 Å². The molecule has 57 heavy (non-hydrogen) atoms. The molecule has 0 saturated carbocycles. The van der Waals surface area contributed by atoms with Crippen molar-refractivity contribution in [2.24, 2.45) is 0 Å². The second kappa shape index (κ2) is 38.1. The topological polar surface area (TPSA) is 152 Å². The number of aliphatic hydroxyl groups is 4. The molecule has 0 bridgehead atoms. The van der Waals surface area contributed by atoms with Crippen LogP contribution in [0.15, 0.2) is 36.5 Å². The van der Waals surface area contributed by atoms with Crippen LogP contribution in [-0.2, 0) is 28.5 Å². The fraction of sp³-hybridized carbons (Fsp3) is 0.830. The van der Waals surface area contributed by atoms with E-state index in [0.717, 1.165) is 44.9 Å². The van der Waals surface area contributed by atoms with Crippen LogP contribution in [0.5, 0.6) is 0 Å². The Balaban J connectivity index is 2.34. The summed E-state index contributed by atoms with van der Waals surface area (Å²) in [6.07, 6.45) is 35.9. The smallest absolute Gasteiger partial charge is 0.306 e. The number of aliphatic hydroxyl groups excluding tert-OH is 4. The molecule has 1 aliphatic heterocycles. The van der Waals surface area contributed by atoms with E-state index in [-0.39, 0.29) is 26.1 Å². The van der Waals surface area contributed by atoms with Crippen LogP contribution in [0.25, 0.3) is 0 Å². The maximum atomic E-state index is 12.7. The van der Waals surface area contributed by atoms with Crippen LogP contribution in [0.2, 0.25) is 0 Å². The molecule has 0 aromatic heterocycles. The molecule has 4 N–H and O–H groups in total. The Morgan fingerprint density at radius 1 is 0.544 bits per heavy atom. The second-order valence-corrected chi connectivity index (χ2v) is 15.8. The lowest BCUT2D eigenvalue weighted by atomic mass is 9.99. The van der Waals surface area contributed by atoms with Crippen LogP contribution >= 0.6 is 0 Å². The lowest BCUT2D eigenvalue weighted by molar-refractivity contribution is -0.305. The summed E-state index contributed by atoms with van der Waals surface area (Å²) in [5, 5.41) is 40.1. The molecule has 0 aliphatic carbocycles. The number of carbonyl (C=O) groups is 2. The Bertz CT molecular complexity index is 1030. The van der Waals surface area contributed by atoms with Gasteiger partial charge in [-0.2, -0.15) is 0 Å². The number of rotatable bonds is 38. The Morgan fingerprint density at radius 2 is 1.02 bits per heavy atom. The standard InChI is InChI=1S/C47H84O10/c1-3-5-7-9-11-13-15-17-19-20-22-23-25-27-29-31-33-35-42(49)54-38-40(39-55-47-46(53)45(52)44(51)41(37-48)57-47)56-43(50)36-34-32-30-28-26-24-21-18-16-14-12-10-8-6-4-2/h11,13,17,19,30,32,40-41,44-48,51-53H,3-10,12,14-16,18,20-29,31,33-39H2,1-2H3/b13-11+,19-17+,32-30+/t40-,41-,44+,45?,46?,47-/m0/s1. The molecule has 0 aromatic carbocycles. The molecule has 1 heterocycles. The molecule has 10 nitrogen and oxygen atoms in total. The first kappa shape index (κ1) is 52.9. The molecule has 0 aromatic rings. The second-order valence-electron chi connectivity index (χ2n) is 15.8. The number of hydrogen-bond acceptors (Lipinski definition) is 10. The van der Waals surface area contributed by atoms with Gasteiger partial charge in [0.1, 0.15) is 31.0 Å². The summed E-state index contributed by atoms with van der Waals surface area (Å²) in [6.45, 7) is 3.36. The third-order valence-electron chi connectivity index (χ3n) is 10.5. The largest absolute Gasteiger partial charge is 0.462 e. The van der Waals surface area contributed by atoms with E-state index >= 15 is 0 Å². The summed E-state index contributed by atoms with van der Waals surface area (Å²) in [5.74, 6) is -0.869. The third-order valence-corrected chi connectivity index (χ3v) is 10.5. The van der Waals surface area contributed by atoms with E-state index in [4.69, 9.17) is 18.9 Å². The van der Waals surface area contributed by atoms with Gasteiger partial charge in [0.15, 0.2) is 12.4 Å². The predicted octanol–water partition coefficient (Wildman–Crippen LogP) is 9.89. The zero-order chi connectivity index (χ0) is 41.6. The number of esters is 2. The minimum atomic E-state index is -1.60. The average Bonchev–Trinajstić information content (AvgIpc) is 3.21. The quantitative estimate of drug-likeness (QED) is 0.0270. The Morgan fingerprint density at radius 3 is 1.58 bits per heavy atom. The van der Waals surface area contributed by atoms with Gasteiger partial charge in [-0.1, -0.05) is 159 Å². The first-order valence-corrected chi connectivity index (χ1v) is 23.1. The Hall–Kier alpha value is -2.08. The maximum Gasteiger partial charge on any atom is 0.306 e. The van der Waals surface area contributed by atoms with E-state index in [1.54, 1.807) is 0 Å². The molecule has 0 spiro atoms. The molecule has 332 valence electrons. The number of ether oxygens (including phenoxy) is 4. The van der Waals surface area contributed by atoms with Crippen molar-refractivity contribution >= 4 is 11.9 Å². The number of carbonyl (C=O) groups excluding carboxylic acids is 2. The summed E-state index contributed by atoms with van der Waals surface area (Å²) >= 11 is 0. The minimum Gasteiger partial charge on any atom is -0.462 e. The molecule has 6 atom stereocenters. The molecule has 1 rings (SSSR count). The van der Waals surface area contributed by atoms with Crippen molar-refractivity contribution in [1.82, 2.24) is 0 Å². The van der Waals surface area contributed by atoms with E-state index in [9.17, 15) is 30.0 Å². The zero-order valence-corrected chi connectivity index (χ0v) is 36.1. The minimum absolute atomic E-state index is 0.146. The monoisotopic (exact) mass is 809 g/mol. The molecule has 0 amide bonds. The highest BCUT2D eigenvalue weighted by Crippen LogP contribution is 2.22. The van der Waals surface area contributed by atoms with Gasteiger partial charge in [0.2, 0.25) is 0 Å². The molecule has 1 fully saturated rings. The van der Waals surface area contributed by atoms with Crippen LogP contribution < -0.4 is 0 Å². The van der Waals surface area contributed by atoms with Gasteiger partial charge in [-0.3, -0.25) is 9.59 Å². The van der Waals surface area contributed by atoms with Crippen LogP contribution in [-0.4, -0.2) is 89.0 Å². The molecule has 2 unspecified atom stereocenters. The fourth-order valence-corrected chi connectivity index (χ4v) is 6.82. The van der Waals surface area contributed by atoms with Crippen LogP contribution in [0.4, 0.5) is 0 Å². The van der Waals surface area contributed by atoms with Crippen LogP contribution in [0.3, 0.4) is 0 Å². The fourth-order valence-electron chi connectivity index (χ4n) is 6.82. The van der Waals surface area contributed by atoms with Crippen molar-refractivity contribution in [3.05, 3.63) is 36.5 Å². The normalized spacial score (nSPS) is 20.6. The summed E-state index contributed by atoms with van der Waals surface area (Å²) in [5.41, 5.74) is 0. The van der Waals surface area contributed by atoms with E-state index in [1.165, 1.54) is 109 Å². The van der Waals surface area contributed by atoms with Gasteiger partial charge in [0.05, 0.1) is 13.2 Å². The number of allylic oxidation sites excluding steroid dienone is 6. The van der Waals surface area contributed by atoms with E-state index < -0.39 is 55.4 Å². The van der Waals surface area contributed by atoms with Crippen LogP contribution in [0, 0.1) is 0 Å². The molecular weight excluding hydrogens is 725 g/mol. The molecule has 1 saturated heterocycles. The van der Waals surface area contributed by atoms with E-state index in [0.29, 0.717) is 12.8 Å². The van der Waals surface area contributed by atoms with Gasteiger partial charge >= 0.3 is 11.9 Å². The predicted molar refractivity (Wildman–Crippen MR) is 229 cm³/mol. The van der Waals surface area contributed by atoms with Crippen LogP contribution in [0.1, 0.15) is 194 Å². The molecule has 10 heteroatoms. The highest BCUT2D eigenvalue weighted by Gasteiger charge is 2.44. The lowest BCUT2D eigenvalue weighted by Gasteiger charge is -2.39. The summed E-state index contributed by atoms with van der Waals surface area (Å²) in [7, 11) is 0. The number of hydrogen-bond donors (Lipinski definition) is 4. The van der Waals surface area contributed by atoms with Gasteiger partial charge in [0.25, 0.3) is 0 Å². The van der Waals surface area contributed by atoms with Gasteiger partial charge in [-0.05, 0) is 57.8 Å². The van der Waals surface area contributed by atoms with Crippen molar-refractivity contribution < 1.29 is 49.0 Å². The Labute approximate surface area is 346 Å². The zero-order valence-electron chi connectivity index (χ0n) is 36.1. The van der Waals surface area contributed by atoms with Gasteiger partial charge in [-0.25, -0.2) is 0 Å². The summed E-state index contributed by atoms with van der Waals surface area (Å²) < 4.78 is 22.1. The molecule has 1 aliphatic rings. The van der Waals surface area contributed by atoms with Crippen molar-refractivity contribution in [2.45, 2.75) is 230 Å². The summed E-state index contributed by atoms with van der Waals surface area (Å²) in [4.78, 5) is 25.3. The first-order chi connectivity index (χ1) is 27.8. The van der Waals surface area contributed by atoms with Gasteiger partial charge in [0, 0.05) is 12.8 Å². The van der Waals surface area contributed by atoms with Crippen molar-refractivity contribution in [1.29, 1.82) is 0 Å². The van der Waals surface area contributed by atoms with E-state index in [2.05, 4.69) is 44.2 Å². The third kappa shape index (κ3) is 29.7. The number of unbranched alkanes of at least 4 members (excludes halogenated alkanes) is 21. The highest BCUT2D eigenvalue weighted by atomic mass is 16.7. The van der Waals surface area contributed by atoms with Crippen molar-refractivity contribution in [3.63, 3.8) is 0 Å². The SMILES string of the molecule is CCCCC/C=C/C/C=C/CCCCCCCCCC(=O)OC[C@@H](CO[C@H]1O[C@@H](CO)[C@@H](O)C(O)C1O)OC(=O)CC/C=C/CCCCCCCCCCCCC. The first-order valence-electron chi connectivity index (χ1n) is 23.1. The van der Waals surface area contributed by atoms with Gasteiger partial charge < -0.3 is 39.4 Å². The average molecular weight is 809 g/mol. The maximum absolute atomic E-state index is 12.7. The molecule has 0 radical (unpaired) electrons. The summed E-state index contributed by atoms with van der Waals surface area (Å²) in [6, 6.07) is 0. The molecular formula is C47H84O10. The highest BCUT2D eigenvalue weighted by molar-refractivity contribution is 5.70. The lowest BCUT2D eigenvalue weighted by Crippen LogP contribution is -2.59. The van der Waals surface area contributed by atoms with E-state index in [1.807, 2.05) is 6.08 Å². The Kier molecular flexibility index (Phi) is 35.4. The van der Waals surface area contributed by atoms with Gasteiger partial charge in [-0.15, -0.1) is 0 Å². The van der Waals surface area contributed by atoms with Crippen molar-refractivity contribution in [2.75, 3.05) is 19.8 Å².